The van der Waals surface area contributed by atoms with Gasteiger partial charge in [0.2, 0.25) is 17.7 Å². The van der Waals surface area contributed by atoms with Gasteiger partial charge in [-0.05, 0) is 39.7 Å². The average Bonchev–Trinajstić information content (AvgIpc) is 3.03. The fourth-order valence-electron chi connectivity index (χ4n) is 3.17. The summed E-state index contributed by atoms with van der Waals surface area (Å²) in [5, 5.41) is 11.3. The highest BCUT2D eigenvalue weighted by molar-refractivity contribution is 5.79. The molecule has 130 valence electrons. The van der Waals surface area contributed by atoms with Gasteiger partial charge in [0, 0.05) is 19.0 Å². The first-order valence-electron chi connectivity index (χ1n) is 8.91. The van der Waals surface area contributed by atoms with Gasteiger partial charge in [-0.3, -0.25) is 9.69 Å². The van der Waals surface area contributed by atoms with Crippen LogP contribution >= 0.6 is 0 Å². The van der Waals surface area contributed by atoms with Crippen LogP contribution in [0.25, 0.3) is 0 Å². The SMILES string of the molecule is CCCC(C)NC(=O)C1CCCN(C(C)c2nnc(CC)o2)C1. The second kappa shape index (κ2) is 8.43. The number of carbonyl (C=O) groups excluding carboxylic acids is 1. The second-order valence-corrected chi connectivity index (χ2v) is 6.60. The van der Waals surface area contributed by atoms with Crippen molar-refractivity contribution in [1.82, 2.24) is 20.4 Å². The summed E-state index contributed by atoms with van der Waals surface area (Å²) < 4.78 is 5.68. The molecule has 2 heterocycles. The van der Waals surface area contributed by atoms with Crippen LogP contribution in [0.1, 0.15) is 71.2 Å². The number of amides is 1. The van der Waals surface area contributed by atoms with E-state index in [4.69, 9.17) is 4.42 Å². The summed E-state index contributed by atoms with van der Waals surface area (Å²) in [7, 11) is 0. The largest absolute Gasteiger partial charge is 0.424 e. The topological polar surface area (TPSA) is 71.3 Å². The van der Waals surface area contributed by atoms with Gasteiger partial charge in [0.25, 0.3) is 0 Å². The lowest BCUT2D eigenvalue weighted by Crippen LogP contribution is -2.45. The van der Waals surface area contributed by atoms with Crippen molar-refractivity contribution in [3.63, 3.8) is 0 Å². The van der Waals surface area contributed by atoms with E-state index in [2.05, 4.69) is 41.2 Å². The summed E-state index contributed by atoms with van der Waals surface area (Å²) in [6.07, 6.45) is 4.85. The lowest BCUT2D eigenvalue weighted by molar-refractivity contribution is -0.127. The van der Waals surface area contributed by atoms with Gasteiger partial charge in [-0.2, -0.15) is 0 Å². The molecule has 1 aliphatic rings. The Balaban J connectivity index is 1.93. The highest BCUT2D eigenvalue weighted by Crippen LogP contribution is 2.26. The van der Waals surface area contributed by atoms with Crippen LogP contribution in [0.3, 0.4) is 0 Å². The van der Waals surface area contributed by atoms with E-state index >= 15 is 0 Å². The maximum Gasteiger partial charge on any atom is 0.233 e. The molecule has 1 aromatic rings. The van der Waals surface area contributed by atoms with Crippen molar-refractivity contribution in [1.29, 1.82) is 0 Å². The zero-order chi connectivity index (χ0) is 16.8. The Morgan fingerprint density at radius 2 is 2.17 bits per heavy atom. The quantitative estimate of drug-likeness (QED) is 0.835. The fraction of sp³-hybridized carbons (Fsp3) is 0.824. The number of rotatable bonds is 7. The van der Waals surface area contributed by atoms with E-state index in [9.17, 15) is 4.79 Å². The third kappa shape index (κ3) is 4.77. The van der Waals surface area contributed by atoms with Crippen molar-refractivity contribution >= 4 is 5.91 Å². The number of piperidine rings is 1. The smallest absolute Gasteiger partial charge is 0.233 e. The molecule has 3 unspecified atom stereocenters. The number of nitrogens with one attached hydrogen (secondary N) is 1. The summed E-state index contributed by atoms with van der Waals surface area (Å²) in [4.78, 5) is 14.7. The Labute approximate surface area is 139 Å². The van der Waals surface area contributed by atoms with E-state index in [-0.39, 0.29) is 23.9 Å². The molecule has 0 saturated carbocycles. The number of aryl methyl sites for hydroxylation is 1. The molecule has 2 rings (SSSR count). The molecule has 3 atom stereocenters. The van der Waals surface area contributed by atoms with Gasteiger partial charge in [-0.1, -0.05) is 20.3 Å². The Bertz CT molecular complexity index is 503. The molecule has 0 bridgehead atoms. The summed E-state index contributed by atoms with van der Waals surface area (Å²) in [5.74, 6) is 1.57. The maximum absolute atomic E-state index is 12.4. The molecule has 1 aliphatic heterocycles. The summed E-state index contributed by atoms with van der Waals surface area (Å²) in [6.45, 7) is 10.0. The normalized spacial score (nSPS) is 21.8. The standard InChI is InChI=1S/C17H30N4O2/c1-5-8-12(3)18-16(22)14-9-7-10-21(11-14)13(4)17-20-19-15(6-2)23-17/h12-14H,5-11H2,1-4H3,(H,18,22). The van der Waals surface area contributed by atoms with Gasteiger partial charge in [0.05, 0.1) is 12.0 Å². The number of aromatic nitrogens is 2. The molecule has 1 N–H and O–H groups in total. The number of hydrogen-bond donors (Lipinski definition) is 1. The third-order valence-electron chi connectivity index (χ3n) is 4.62. The minimum Gasteiger partial charge on any atom is -0.424 e. The molecule has 0 spiro atoms. The fourth-order valence-corrected chi connectivity index (χ4v) is 3.17. The van der Waals surface area contributed by atoms with Crippen molar-refractivity contribution in [3.05, 3.63) is 11.8 Å². The van der Waals surface area contributed by atoms with E-state index < -0.39 is 0 Å². The Morgan fingerprint density at radius 3 is 2.83 bits per heavy atom. The van der Waals surface area contributed by atoms with Crippen LogP contribution < -0.4 is 5.32 Å². The van der Waals surface area contributed by atoms with Gasteiger partial charge >= 0.3 is 0 Å². The van der Waals surface area contributed by atoms with E-state index in [0.29, 0.717) is 11.8 Å². The van der Waals surface area contributed by atoms with Crippen molar-refractivity contribution in [2.75, 3.05) is 13.1 Å². The number of likely N-dealkylation sites (tertiary alicyclic amines) is 1. The highest BCUT2D eigenvalue weighted by Gasteiger charge is 2.31. The van der Waals surface area contributed by atoms with Gasteiger partial charge in [-0.15, -0.1) is 10.2 Å². The van der Waals surface area contributed by atoms with Crippen molar-refractivity contribution in [2.45, 2.75) is 71.9 Å². The molecule has 1 saturated heterocycles. The average molecular weight is 322 g/mol. The van der Waals surface area contributed by atoms with Crippen LogP contribution in [0.2, 0.25) is 0 Å². The molecule has 6 heteroatoms. The zero-order valence-corrected chi connectivity index (χ0v) is 14.8. The molecule has 1 fully saturated rings. The first-order valence-corrected chi connectivity index (χ1v) is 8.91. The first-order chi connectivity index (χ1) is 11.0. The predicted molar refractivity (Wildman–Crippen MR) is 88.9 cm³/mol. The van der Waals surface area contributed by atoms with Crippen LogP contribution in [0.15, 0.2) is 4.42 Å². The minimum absolute atomic E-state index is 0.0547. The van der Waals surface area contributed by atoms with Crippen molar-refractivity contribution < 1.29 is 9.21 Å². The Kier molecular flexibility index (Phi) is 6.57. The van der Waals surface area contributed by atoms with Crippen LogP contribution in [0.4, 0.5) is 0 Å². The summed E-state index contributed by atoms with van der Waals surface area (Å²) >= 11 is 0. The van der Waals surface area contributed by atoms with Crippen LogP contribution in [-0.4, -0.2) is 40.1 Å². The number of carbonyl (C=O) groups is 1. The van der Waals surface area contributed by atoms with Crippen LogP contribution in [0.5, 0.6) is 0 Å². The summed E-state index contributed by atoms with van der Waals surface area (Å²) in [5.41, 5.74) is 0. The number of hydrogen-bond acceptors (Lipinski definition) is 5. The Hall–Kier alpha value is -1.43. The molecule has 0 radical (unpaired) electrons. The predicted octanol–water partition coefficient (Wildman–Crippen LogP) is 2.71. The monoisotopic (exact) mass is 322 g/mol. The molecular weight excluding hydrogens is 292 g/mol. The van der Waals surface area contributed by atoms with Gasteiger partial charge < -0.3 is 9.73 Å². The van der Waals surface area contributed by atoms with Gasteiger partial charge in [-0.25, -0.2) is 0 Å². The zero-order valence-electron chi connectivity index (χ0n) is 14.8. The lowest BCUT2D eigenvalue weighted by atomic mass is 9.95. The molecule has 0 aliphatic carbocycles. The number of nitrogens with zero attached hydrogens (tertiary/aromatic N) is 3. The third-order valence-corrected chi connectivity index (χ3v) is 4.62. The van der Waals surface area contributed by atoms with Crippen LogP contribution in [0, 0.1) is 5.92 Å². The van der Waals surface area contributed by atoms with E-state index in [1.165, 1.54) is 0 Å². The molecule has 23 heavy (non-hydrogen) atoms. The summed E-state index contributed by atoms with van der Waals surface area (Å²) in [6, 6.07) is 0.315. The molecule has 0 aromatic carbocycles. The first kappa shape index (κ1) is 17.9. The van der Waals surface area contributed by atoms with Gasteiger partial charge in [0.15, 0.2) is 0 Å². The van der Waals surface area contributed by atoms with Crippen LogP contribution in [-0.2, 0) is 11.2 Å². The Morgan fingerprint density at radius 1 is 1.39 bits per heavy atom. The maximum atomic E-state index is 12.4. The van der Waals surface area contributed by atoms with Crippen molar-refractivity contribution in [3.8, 4) is 0 Å². The van der Waals surface area contributed by atoms with Gasteiger partial charge in [0.1, 0.15) is 0 Å². The van der Waals surface area contributed by atoms with E-state index in [1.807, 2.05) is 6.92 Å². The molecular formula is C17H30N4O2. The molecule has 1 amide bonds. The molecule has 6 nitrogen and oxygen atoms in total. The second-order valence-electron chi connectivity index (χ2n) is 6.60. The highest BCUT2D eigenvalue weighted by atomic mass is 16.4. The van der Waals surface area contributed by atoms with E-state index in [1.54, 1.807) is 0 Å². The van der Waals surface area contributed by atoms with E-state index in [0.717, 1.165) is 45.2 Å². The molecule has 1 aromatic heterocycles. The minimum atomic E-state index is 0.0547. The lowest BCUT2D eigenvalue weighted by Gasteiger charge is -2.35. The van der Waals surface area contributed by atoms with Crippen molar-refractivity contribution in [2.24, 2.45) is 5.92 Å².